The average molecular weight is 240 g/mol. The molecule has 94 valence electrons. The van der Waals surface area contributed by atoms with Crippen molar-refractivity contribution in [1.82, 2.24) is 9.13 Å². The summed E-state index contributed by atoms with van der Waals surface area (Å²) in [6.45, 7) is 3.34. The lowest BCUT2D eigenvalue weighted by atomic mass is 9.83. The number of carbonyl (C=O) groups is 1. The van der Waals surface area contributed by atoms with Gasteiger partial charge in [0.1, 0.15) is 0 Å². The molecule has 0 aliphatic rings. The van der Waals surface area contributed by atoms with E-state index in [1.165, 1.54) is 24.9 Å². The molecule has 0 saturated carbocycles. The third-order valence-electron chi connectivity index (χ3n) is 2.77. The third kappa shape index (κ3) is 2.46. The van der Waals surface area contributed by atoms with Crippen LogP contribution in [0.1, 0.15) is 25.8 Å². The van der Waals surface area contributed by atoms with Gasteiger partial charge in [-0.25, -0.2) is 4.79 Å². The number of aryl methyl sites for hydroxylation is 1. The predicted octanol–water partition coefficient (Wildman–Crippen LogP) is -0.164. The molecule has 17 heavy (non-hydrogen) atoms. The molecule has 0 atom stereocenters. The van der Waals surface area contributed by atoms with Gasteiger partial charge < -0.3 is 9.67 Å². The highest BCUT2D eigenvalue weighted by Gasteiger charge is 2.28. The van der Waals surface area contributed by atoms with Crippen LogP contribution in [0.2, 0.25) is 0 Å². The van der Waals surface area contributed by atoms with E-state index in [0.29, 0.717) is 5.56 Å². The molecule has 6 heteroatoms. The fourth-order valence-electron chi connectivity index (χ4n) is 1.75. The summed E-state index contributed by atoms with van der Waals surface area (Å²) in [6.07, 6.45) is 1.24. The lowest BCUT2D eigenvalue weighted by Gasteiger charge is -2.22. The zero-order valence-electron chi connectivity index (χ0n) is 10.4. The lowest BCUT2D eigenvalue weighted by molar-refractivity contribution is -0.138. The Morgan fingerprint density at radius 1 is 1.35 bits per heavy atom. The van der Waals surface area contributed by atoms with Gasteiger partial charge in [0.05, 0.1) is 6.42 Å². The van der Waals surface area contributed by atoms with Crippen molar-refractivity contribution >= 4 is 5.97 Å². The van der Waals surface area contributed by atoms with Crippen LogP contribution in [0.25, 0.3) is 0 Å². The van der Waals surface area contributed by atoms with E-state index >= 15 is 0 Å². The van der Waals surface area contributed by atoms with Crippen LogP contribution in [0.4, 0.5) is 0 Å². The second-order valence-electron chi connectivity index (χ2n) is 4.75. The van der Waals surface area contributed by atoms with Crippen molar-refractivity contribution in [3.05, 3.63) is 32.6 Å². The first-order chi connectivity index (χ1) is 7.66. The van der Waals surface area contributed by atoms with E-state index in [0.717, 1.165) is 4.57 Å². The van der Waals surface area contributed by atoms with Gasteiger partial charge in [0.2, 0.25) is 0 Å². The maximum atomic E-state index is 11.9. The predicted molar refractivity (Wildman–Crippen MR) is 62.2 cm³/mol. The highest BCUT2D eigenvalue weighted by Crippen LogP contribution is 2.23. The van der Waals surface area contributed by atoms with Gasteiger partial charge in [-0.05, 0) is 0 Å². The van der Waals surface area contributed by atoms with E-state index in [4.69, 9.17) is 5.11 Å². The molecule has 0 fully saturated rings. The Morgan fingerprint density at radius 2 is 1.88 bits per heavy atom. The third-order valence-corrected chi connectivity index (χ3v) is 2.77. The maximum absolute atomic E-state index is 11.9. The van der Waals surface area contributed by atoms with Crippen LogP contribution in [0.15, 0.2) is 15.8 Å². The van der Waals surface area contributed by atoms with Gasteiger partial charge in [-0.3, -0.25) is 14.2 Å². The van der Waals surface area contributed by atoms with Crippen LogP contribution >= 0.6 is 0 Å². The Labute approximate surface area is 98.1 Å². The fourth-order valence-corrected chi connectivity index (χ4v) is 1.75. The summed E-state index contributed by atoms with van der Waals surface area (Å²) in [6, 6.07) is 0. The maximum Gasteiger partial charge on any atom is 0.330 e. The highest BCUT2D eigenvalue weighted by atomic mass is 16.4. The molecule has 1 rings (SSSR count). The number of hydrogen-bond acceptors (Lipinski definition) is 3. The normalized spacial score (nSPS) is 11.5. The van der Waals surface area contributed by atoms with E-state index in [2.05, 4.69) is 0 Å². The molecule has 0 aliphatic carbocycles. The molecule has 0 aliphatic heterocycles. The molecule has 0 saturated heterocycles. The first-order valence-electron chi connectivity index (χ1n) is 5.16. The number of nitrogens with zero attached hydrogens (tertiary/aromatic N) is 2. The molecular weight excluding hydrogens is 224 g/mol. The van der Waals surface area contributed by atoms with E-state index in [-0.39, 0.29) is 6.42 Å². The summed E-state index contributed by atoms with van der Waals surface area (Å²) in [7, 11) is 2.91. The first-order valence-corrected chi connectivity index (χ1v) is 5.16. The molecule has 0 spiro atoms. The zero-order chi connectivity index (χ0) is 13.4. The van der Waals surface area contributed by atoms with Gasteiger partial charge in [0, 0.05) is 31.3 Å². The number of carboxylic acids is 1. The Balaban J connectivity index is 3.48. The van der Waals surface area contributed by atoms with Crippen LogP contribution in [-0.4, -0.2) is 20.2 Å². The Kier molecular flexibility index (Phi) is 3.26. The van der Waals surface area contributed by atoms with Gasteiger partial charge in [-0.15, -0.1) is 0 Å². The quantitative estimate of drug-likeness (QED) is 0.795. The molecule has 0 unspecified atom stereocenters. The van der Waals surface area contributed by atoms with E-state index in [9.17, 15) is 14.4 Å². The van der Waals surface area contributed by atoms with Gasteiger partial charge in [-0.1, -0.05) is 13.8 Å². The summed E-state index contributed by atoms with van der Waals surface area (Å²) in [5.41, 5.74) is -1.36. The smallest absolute Gasteiger partial charge is 0.330 e. The molecule has 1 N–H and O–H groups in total. The summed E-state index contributed by atoms with van der Waals surface area (Å²) in [5.74, 6) is -0.981. The molecular formula is C11H16N2O4. The molecule has 0 aromatic carbocycles. The SMILES string of the molecule is Cn1cc(C(C)(C)CC(=O)O)c(=O)n(C)c1=O. The molecule has 0 amide bonds. The minimum Gasteiger partial charge on any atom is -0.481 e. The molecule has 1 aromatic rings. The summed E-state index contributed by atoms with van der Waals surface area (Å²) in [4.78, 5) is 34.2. The largest absolute Gasteiger partial charge is 0.481 e. The van der Waals surface area contributed by atoms with E-state index in [1.54, 1.807) is 13.8 Å². The van der Waals surface area contributed by atoms with Gasteiger partial charge in [0.25, 0.3) is 5.56 Å². The van der Waals surface area contributed by atoms with Crippen LogP contribution < -0.4 is 11.2 Å². The summed E-state index contributed by atoms with van der Waals surface area (Å²) >= 11 is 0. The van der Waals surface area contributed by atoms with Crippen molar-refractivity contribution in [2.45, 2.75) is 25.7 Å². The molecule has 1 heterocycles. The first kappa shape index (κ1) is 13.2. The van der Waals surface area contributed by atoms with Crippen LogP contribution in [0.5, 0.6) is 0 Å². The second kappa shape index (κ2) is 4.20. The standard InChI is InChI=1S/C11H16N2O4/c1-11(2,5-8(14)15)7-6-12(3)10(17)13(4)9(7)16/h6H,5H2,1-4H3,(H,14,15). The van der Waals surface area contributed by atoms with Gasteiger partial charge >= 0.3 is 11.7 Å². The monoisotopic (exact) mass is 240 g/mol. The van der Waals surface area contributed by atoms with E-state index in [1.807, 2.05) is 0 Å². The van der Waals surface area contributed by atoms with Crippen LogP contribution in [-0.2, 0) is 24.3 Å². The topological polar surface area (TPSA) is 81.3 Å². The van der Waals surface area contributed by atoms with Crippen molar-refractivity contribution in [2.24, 2.45) is 14.1 Å². The number of aliphatic carboxylic acids is 1. The zero-order valence-corrected chi connectivity index (χ0v) is 10.4. The summed E-state index contributed by atoms with van der Waals surface area (Å²) in [5, 5.41) is 8.82. The van der Waals surface area contributed by atoms with Crippen molar-refractivity contribution in [3.63, 3.8) is 0 Å². The number of aromatic nitrogens is 2. The van der Waals surface area contributed by atoms with Crippen molar-refractivity contribution in [2.75, 3.05) is 0 Å². The number of rotatable bonds is 3. The Hall–Kier alpha value is -1.85. The van der Waals surface area contributed by atoms with Gasteiger partial charge in [0.15, 0.2) is 0 Å². The minimum absolute atomic E-state index is 0.166. The van der Waals surface area contributed by atoms with Crippen molar-refractivity contribution < 1.29 is 9.90 Å². The minimum atomic E-state index is -0.981. The molecule has 6 nitrogen and oxygen atoms in total. The molecule has 0 bridgehead atoms. The van der Waals surface area contributed by atoms with Crippen LogP contribution in [0, 0.1) is 0 Å². The highest BCUT2D eigenvalue weighted by molar-refractivity contribution is 5.68. The van der Waals surface area contributed by atoms with E-state index < -0.39 is 22.6 Å². The second-order valence-corrected chi connectivity index (χ2v) is 4.75. The number of carboxylic acid groups (broad SMARTS) is 1. The average Bonchev–Trinajstić information content (AvgIpc) is 2.18. The van der Waals surface area contributed by atoms with Gasteiger partial charge in [-0.2, -0.15) is 0 Å². The Morgan fingerprint density at radius 3 is 2.35 bits per heavy atom. The molecule has 0 radical (unpaired) electrons. The summed E-state index contributed by atoms with van der Waals surface area (Å²) < 4.78 is 2.26. The Bertz CT molecular complexity index is 566. The van der Waals surface area contributed by atoms with Crippen molar-refractivity contribution in [3.8, 4) is 0 Å². The lowest BCUT2D eigenvalue weighted by Crippen LogP contribution is -2.42. The van der Waals surface area contributed by atoms with Crippen molar-refractivity contribution in [1.29, 1.82) is 0 Å². The fraction of sp³-hybridized carbons (Fsp3) is 0.545. The molecule has 1 aromatic heterocycles. The number of hydrogen-bond donors (Lipinski definition) is 1. The van der Waals surface area contributed by atoms with Crippen LogP contribution in [0.3, 0.4) is 0 Å².